The maximum atomic E-state index is 11.9. The second-order valence-electron chi connectivity index (χ2n) is 6.00. The fourth-order valence-electron chi connectivity index (χ4n) is 2.90. The maximum Gasteiger partial charge on any atom is 0.407 e. The van der Waals surface area contributed by atoms with Crippen LogP contribution in [0.4, 0.5) is 10.6 Å². The van der Waals surface area contributed by atoms with Gasteiger partial charge in [-0.05, 0) is 18.4 Å². The molecule has 136 valence electrons. The smallest absolute Gasteiger partial charge is 0.407 e. The highest BCUT2D eigenvalue weighted by molar-refractivity contribution is 5.84. The predicted octanol–water partition coefficient (Wildman–Crippen LogP) is 2.07. The molecule has 8 heteroatoms. The van der Waals surface area contributed by atoms with Gasteiger partial charge in [0.25, 0.3) is 0 Å². The number of nitrogens with zero attached hydrogens (tertiary/aromatic N) is 3. The molecule has 26 heavy (non-hydrogen) atoms. The number of carbonyl (C=O) groups is 2. The van der Waals surface area contributed by atoms with E-state index in [2.05, 4.69) is 15.3 Å². The lowest BCUT2D eigenvalue weighted by Crippen LogP contribution is -2.40. The number of hydrogen-bond donors (Lipinski definition) is 2. The second-order valence-corrected chi connectivity index (χ2v) is 6.00. The Morgan fingerprint density at radius 3 is 2.73 bits per heavy atom. The Hall–Kier alpha value is -3.16. The number of alkyl carbamates (subject to hydrolysis) is 1. The van der Waals surface area contributed by atoms with Crippen molar-refractivity contribution in [3.63, 3.8) is 0 Å². The molecule has 0 aliphatic carbocycles. The highest BCUT2D eigenvalue weighted by Crippen LogP contribution is 2.22. The molecule has 1 unspecified atom stereocenters. The number of ether oxygens (including phenoxy) is 1. The number of aromatic carboxylic acids is 1. The Kier molecular flexibility index (Phi) is 5.62. The van der Waals surface area contributed by atoms with E-state index in [1.807, 2.05) is 35.2 Å². The molecule has 1 atom stereocenters. The van der Waals surface area contributed by atoms with Crippen LogP contribution in [0.2, 0.25) is 0 Å². The van der Waals surface area contributed by atoms with Gasteiger partial charge in [0.2, 0.25) is 0 Å². The number of amides is 1. The average molecular weight is 356 g/mol. The number of anilines is 1. The standard InChI is InChI=1S/C18H20N4O4/c23-17(24)15-10-20-16(11-19-15)22-8-4-7-14(22)9-21-18(25)26-12-13-5-2-1-3-6-13/h1-3,5-6,10-11,14H,4,7-9,12H2,(H,21,25)(H,23,24). The molecule has 0 spiro atoms. The van der Waals surface area contributed by atoms with Gasteiger partial charge in [-0.1, -0.05) is 30.3 Å². The van der Waals surface area contributed by atoms with Crippen molar-refractivity contribution in [2.24, 2.45) is 0 Å². The van der Waals surface area contributed by atoms with Gasteiger partial charge >= 0.3 is 12.1 Å². The minimum absolute atomic E-state index is 0.0734. The number of nitrogens with one attached hydrogen (secondary N) is 1. The van der Waals surface area contributed by atoms with Crippen molar-refractivity contribution in [2.75, 3.05) is 18.0 Å². The van der Waals surface area contributed by atoms with Gasteiger partial charge in [-0.15, -0.1) is 0 Å². The Balaban J connectivity index is 1.50. The van der Waals surface area contributed by atoms with Crippen LogP contribution in [0, 0.1) is 0 Å². The van der Waals surface area contributed by atoms with Gasteiger partial charge in [0.05, 0.1) is 12.4 Å². The summed E-state index contributed by atoms with van der Waals surface area (Å²) >= 11 is 0. The number of aromatic nitrogens is 2. The van der Waals surface area contributed by atoms with Gasteiger partial charge in [0.15, 0.2) is 5.69 Å². The molecule has 1 fully saturated rings. The van der Waals surface area contributed by atoms with Crippen LogP contribution in [0.25, 0.3) is 0 Å². The van der Waals surface area contributed by atoms with Crippen LogP contribution in [0.3, 0.4) is 0 Å². The fourth-order valence-corrected chi connectivity index (χ4v) is 2.90. The molecule has 8 nitrogen and oxygen atoms in total. The normalized spacial score (nSPS) is 16.3. The van der Waals surface area contributed by atoms with E-state index in [9.17, 15) is 9.59 Å². The summed E-state index contributed by atoms with van der Waals surface area (Å²) in [6.07, 6.45) is 4.10. The molecule has 1 aliphatic heterocycles. The van der Waals surface area contributed by atoms with Crippen LogP contribution in [0.15, 0.2) is 42.7 Å². The number of benzene rings is 1. The fraction of sp³-hybridized carbons (Fsp3) is 0.333. The summed E-state index contributed by atoms with van der Waals surface area (Å²) in [5.74, 6) is -0.498. The molecular weight excluding hydrogens is 336 g/mol. The largest absolute Gasteiger partial charge is 0.476 e. The first-order valence-corrected chi connectivity index (χ1v) is 8.40. The Morgan fingerprint density at radius 2 is 2.04 bits per heavy atom. The van der Waals surface area contributed by atoms with E-state index in [0.717, 1.165) is 24.9 Å². The average Bonchev–Trinajstić information content (AvgIpc) is 3.14. The first kappa shape index (κ1) is 17.7. The van der Waals surface area contributed by atoms with E-state index in [-0.39, 0.29) is 18.3 Å². The van der Waals surface area contributed by atoms with Crippen molar-refractivity contribution < 1.29 is 19.4 Å². The van der Waals surface area contributed by atoms with Gasteiger partial charge in [-0.3, -0.25) is 0 Å². The van der Waals surface area contributed by atoms with Gasteiger partial charge in [0, 0.05) is 19.1 Å². The highest BCUT2D eigenvalue weighted by Gasteiger charge is 2.26. The van der Waals surface area contributed by atoms with E-state index in [0.29, 0.717) is 12.4 Å². The van der Waals surface area contributed by atoms with Crippen LogP contribution >= 0.6 is 0 Å². The zero-order valence-electron chi connectivity index (χ0n) is 14.2. The van der Waals surface area contributed by atoms with Crippen molar-refractivity contribution in [2.45, 2.75) is 25.5 Å². The maximum absolute atomic E-state index is 11.9. The molecule has 0 bridgehead atoms. The predicted molar refractivity (Wildman–Crippen MR) is 94.0 cm³/mol. The summed E-state index contributed by atoms with van der Waals surface area (Å²) in [5, 5.41) is 11.7. The SMILES string of the molecule is O=C(NCC1CCCN1c1cnc(C(=O)O)cn1)OCc1ccccc1. The molecule has 0 saturated carbocycles. The highest BCUT2D eigenvalue weighted by atomic mass is 16.5. The van der Waals surface area contributed by atoms with Crippen LogP contribution in [0.1, 0.15) is 28.9 Å². The molecular formula is C18H20N4O4. The number of rotatable bonds is 6. The van der Waals surface area contributed by atoms with E-state index < -0.39 is 12.1 Å². The van der Waals surface area contributed by atoms with Crippen molar-refractivity contribution in [3.05, 3.63) is 54.0 Å². The van der Waals surface area contributed by atoms with Gasteiger partial charge in [-0.2, -0.15) is 0 Å². The molecule has 2 N–H and O–H groups in total. The molecule has 2 aromatic rings. The minimum Gasteiger partial charge on any atom is -0.476 e. The molecule has 3 rings (SSSR count). The molecule has 1 aliphatic rings. The van der Waals surface area contributed by atoms with Crippen LogP contribution in [-0.2, 0) is 11.3 Å². The zero-order chi connectivity index (χ0) is 18.4. The minimum atomic E-state index is -1.11. The third kappa shape index (κ3) is 4.47. The van der Waals surface area contributed by atoms with E-state index in [4.69, 9.17) is 9.84 Å². The number of carbonyl (C=O) groups excluding carboxylic acids is 1. The van der Waals surface area contributed by atoms with Gasteiger partial charge in [-0.25, -0.2) is 19.6 Å². The van der Waals surface area contributed by atoms with E-state index in [1.165, 1.54) is 12.4 Å². The summed E-state index contributed by atoms with van der Waals surface area (Å²) in [5.41, 5.74) is 0.839. The summed E-state index contributed by atoms with van der Waals surface area (Å²) in [6, 6.07) is 9.55. The van der Waals surface area contributed by atoms with Crippen molar-refractivity contribution in [3.8, 4) is 0 Å². The van der Waals surface area contributed by atoms with Crippen molar-refractivity contribution in [1.82, 2.24) is 15.3 Å². The van der Waals surface area contributed by atoms with Crippen molar-refractivity contribution in [1.29, 1.82) is 0 Å². The number of carboxylic acid groups (broad SMARTS) is 1. The third-order valence-corrected chi connectivity index (χ3v) is 4.22. The summed E-state index contributed by atoms with van der Waals surface area (Å²) in [6.45, 7) is 1.44. The second kappa shape index (κ2) is 8.28. The number of hydrogen-bond acceptors (Lipinski definition) is 6. The van der Waals surface area contributed by atoms with Crippen molar-refractivity contribution >= 4 is 17.9 Å². The van der Waals surface area contributed by atoms with Gasteiger partial charge < -0.3 is 20.1 Å². The summed E-state index contributed by atoms with van der Waals surface area (Å²) in [7, 11) is 0. The summed E-state index contributed by atoms with van der Waals surface area (Å²) in [4.78, 5) is 32.9. The monoisotopic (exact) mass is 356 g/mol. The Labute approximate surface area is 150 Å². The van der Waals surface area contributed by atoms with Crippen LogP contribution in [-0.4, -0.2) is 46.3 Å². The zero-order valence-corrected chi connectivity index (χ0v) is 14.2. The molecule has 1 aromatic carbocycles. The van der Waals surface area contributed by atoms with Gasteiger partial charge in [0.1, 0.15) is 12.4 Å². The quantitative estimate of drug-likeness (QED) is 0.816. The molecule has 1 aromatic heterocycles. The molecule has 1 amide bonds. The topological polar surface area (TPSA) is 105 Å². The first-order chi connectivity index (χ1) is 12.6. The van der Waals surface area contributed by atoms with E-state index in [1.54, 1.807) is 0 Å². The number of carboxylic acids is 1. The Morgan fingerprint density at radius 1 is 1.23 bits per heavy atom. The Bertz CT molecular complexity index is 752. The van der Waals surface area contributed by atoms with Crippen LogP contribution < -0.4 is 10.2 Å². The first-order valence-electron chi connectivity index (χ1n) is 8.40. The molecule has 2 heterocycles. The molecule has 1 saturated heterocycles. The van der Waals surface area contributed by atoms with Crippen LogP contribution in [0.5, 0.6) is 0 Å². The van der Waals surface area contributed by atoms with E-state index >= 15 is 0 Å². The summed E-state index contributed by atoms with van der Waals surface area (Å²) < 4.78 is 5.21. The molecule has 0 radical (unpaired) electrons. The lowest BCUT2D eigenvalue weighted by molar-refractivity contribution is 0.0690. The third-order valence-electron chi connectivity index (χ3n) is 4.22. The lowest BCUT2D eigenvalue weighted by Gasteiger charge is -2.25. The lowest BCUT2D eigenvalue weighted by atomic mass is 10.2.